The van der Waals surface area contributed by atoms with Crippen molar-refractivity contribution in [2.24, 2.45) is 11.3 Å². The van der Waals surface area contributed by atoms with Crippen LogP contribution >= 0.6 is 23.2 Å². The van der Waals surface area contributed by atoms with E-state index in [1.807, 2.05) is 13.1 Å². The molecule has 5 heterocycles. The predicted octanol–water partition coefficient (Wildman–Crippen LogP) is 3.64. The van der Waals surface area contributed by atoms with E-state index in [0.717, 1.165) is 49.3 Å². The van der Waals surface area contributed by atoms with Gasteiger partial charge in [0.2, 0.25) is 10.0 Å². The van der Waals surface area contributed by atoms with Gasteiger partial charge in [-0.25, -0.2) is 23.1 Å². The highest BCUT2D eigenvalue weighted by Gasteiger charge is 2.54. The molecule has 0 aromatic carbocycles. The summed E-state index contributed by atoms with van der Waals surface area (Å²) >= 11 is 12.7. The summed E-state index contributed by atoms with van der Waals surface area (Å²) in [6.07, 6.45) is 9.29. The van der Waals surface area contributed by atoms with Crippen LogP contribution in [0, 0.1) is 18.3 Å². The van der Waals surface area contributed by atoms with E-state index in [9.17, 15) is 8.42 Å². The van der Waals surface area contributed by atoms with Gasteiger partial charge in [-0.1, -0.05) is 23.2 Å². The Morgan fingerprint density at radius 3 is 2.47 bits per heavy atom. The lowest BCUT2D eigenvalue weighted by molar-refractivity contribution is -0.0370. The van der Waals surface area contributed by atoms with E-state index in [1.165, 1.54) is 11.8 Å². The van der Waals surface area contributed by atoms with Gasteiger partial charge < -0.3 is 9.64 Å². The van der Waals surface area contributed by atoms with Gasteiger partial charge in [0.1, 0.15) is 5.82 Å². The van der Waals surface area contributed by atoms with Gasteiger partial charge in [-0.3, -0.25) is 10.4 Å². The quantitative estimate of drug-likeness (QED) is 0.534. The summed E-state index contributed by atoms with van der Waals surface area (Å²) in [6, 6.07) is 2.77. The van der Waals surface area contributed by atoms with Crippen molar-refractivity contribution in [3.8, 4) is 0 Å². The third-order valence-electron chi connectivity index (χ3n) is 8.67. The Balaban J connectivity index is 1.10. The Hall–Kier alpha value is -1.53. The van der Waals surface area contributed by atoms with Gasteiger partial charge in [-0.05, 0) is 56.2 Å². The molecule has 3 aliphatic heterocycles. The minimum absolute atomic E-state index is 0.0823. The number of pyridine rings is 2. The molecule has 2 aromatic heterocycles. The van der Waals surface area contributed by atoms with E-state index in [2.05, 4.69) is 33.7 Å². The number of hydrogen-bond acceptors (Lipinski definition) is 8. The first kappa shape index (κ1) is 26.7. The number of nitrogens with zero attached hydrogens (tertiary/aromatic N) is 4. The molecule has 38 heavy (non-hydrogen) atoms. The van der Waals surface area contributed by atoms with E-state index >= 15 is 0 Å². The van der Waals surface area contributed by atoms with Gasteiger partial charge in [0.15, 0.2) is 0 Å². The molecule has 12 heteroatoms. The number of aryl methyl sites for hydroxylation is 1. The lowest BCUT2D eigenvalue weighted by Gasteiger charge is -2.59. The lowest BCUT2D eigenvalue weighted by atomic mass is 9.74. The summed E-state index contributed by atoms with van der Waals surface area (Å²) in [6.45, 7) is 7.03. The smallest absolute Gasteiger partial charge is 0.211 e. The van der Waals surface area contributed by atoms with E-state index in [4.69, 9.17) is 32.9 Å². The molecule has 0 bridgehead atoms. The standard InChI is InChI=1S/C26H34Cl2N6O3S/c1-15-6-17(8-30-25(15)33-11-26(12-33)13-34(14-26)38(3,35)36)24-19-7-18(4-5-22(19)31-32-24)37-16(2)23-20(27)9-29-10-21(23)28/h6,8-10,16,18-19,22,24,31-32H,4-5,7,11-14H2,1-3H3/t16-,18?,19?,22?,24?/m1/s1. The Morgan fingerprint density at radius 2 is 1.82 bits per heavy atom. The van der Waals surface area contributed by atoms with Gasteiger partial charge >= 0.3 is 0 Å². The molecule has 0 radical (unpaired) electrons. The van der Waals surface area contributed by atoms with Crippen LogP contribution in [0.3, 0.4) is 0 Å². The van der Waals surface area contributed by atoms with Crippen LogP contribution in [0.1, 0.15) is 55.0 Å². The number of hydrogen-bond donors (Lipinski definition) is 2. The molecule has 1 spiro atoms. The van der Waals surface area contributed by atoms with Crippen LogP contribution in [-0.2, 0) is 14.8 Å². The summed E-state index contributed by atoms with van der Waals surface area (Å²) in [5, 5.41) is 1.06. The van der Waals surface area contributed by atoms with E-state index in [1.54, 1.807) is 16.7 Å². The second-order valence-corrected chi connectivity index (χ2v) is 14.4. The third kappa shape index (κ3) is 4.82. The molecule has 4 aliphatic rings. The Labute approximate surface area is 234 Å². The maximum absolute atomic E-state index is 11.7. The largest absolute Gasteiger partial charge is 0.370 e. The van der Waals surface area contributed by atoms with Crippen molar-refractivity contribution in [2.75, 3.05) is 37.3 Å². The topological polar surface area (TPSA) is 99.7 Å². The van der Waals surface area contributed by atoms with Crippen molar-refractivity contribution >= 4 is 39.0 Å². The highest BCUT2D eigenvalue weighted by molar-refractivity contribution is 7.88. The van der Waals surface area contributed by atoms with E-state index in [0.29, 0.717) is 35.1 Å². The summed E-state index contributed by atoms with van der Waals surface area (Å²) in [4.78, 5) is 11.2. The molecule has 4 unspecified atom stereocenters. The zero-order valence-electron chi connectivity index (χ0n) is 21.8. The number of nitrogens with one attached hydrogen (secondary N) is 2. The molecule has 2 N–H and O–H groups in total. The average Bonchev–Trinajstić information content (AvgIpc) is 3.20. The molecule has 3 saturated heterocycles. The number of ether oxygens (including phenoxy) is 1. The first-order valence-electron chi connectivity index (χ1n) is 13.1. The first-order chi connectivity index (χ1) is 18.0. The van der Waals surface area contributed by atoms with Crippen molar-refractivity contribution in [1.29, 1.82) is 0 Å². The highest BCUT2D eigenvalue weighted by atomic mass is 35.5. The fourth-order valence-corrected chi connectivity index (χ4v) is 8.47. The van der Waals surface area contributed by atoms with Gasteiger partial charge in [0, 0.05) is 61.8 Å². The number of anilines is 1. The second kappa shape index (κ2) is 9.83. The minimum atomic E-state index is -3.09. The number of halogens is 2. The van der Waals surface area contributed by atoms with Gasteiger partial charge in [0.05, 0.1) is 34.6 Å². The first-order valence-corrected chi connectivity index (χ1v) is 15.8. The Bertz CT molecular complexity index is 1310. The van der Waals surface area contributed by atoms with Crippen molar-refractivity contribution in [2.45, 2.75) is 57.4 Å². The van der Waals surface area contributed by atoms with Gasteiger partial charge in [-0.15, -0.1) is 0 Å². The van der Waals surface area contributed by atoms with E-state index in [-0.39, 0.29) is 23.7 Å². The zero-order valence-corrected chi connectivity index (χ0v) is 24.2. The van der Waals surface area contributed by atoms with Crippen LogP contribution in [0.25, 0.3) is 0 Å². The van der Waals surface area contributed by atoms with Gasteiger partial charge in [-0.2, -0.15) is 0 Å². The van der Waals surface area contributed by atoms with Crippen LogP contribution in [0.2, 0.25) is 10.0 Å². The van der Waals surface area contributed by atoms with Crippen molar-refractivity contribution in [3.63, 3.8) is 0 Å². The number of rotatable bonds is 6. The summed E-state index contributed by atoms with van der Waals surface area (Å²) < 4.78 is 31.5. The monoisotopic (exact) mass is 580 g/mol. The molecule has 4 fully saturated rings. The molecule has 9 nitrogen and oxygen atoms in total. The van der Waals surface area contributed by atoms with Crippen molar-refractivity contribution < 1.29 is 13.2 Å². The maximum atomic E-state index is 11.7. The van der Waals surface area contributed by atoms with Crippen molar-refractivity contribution in [1.82, 2.24) is 25.1 Å². The molecule has 5 atom stereocenters. The van der Waals surface area contributed by atoms with Gasteiger partial charge in [0.25, 0.3) is 0 Å². The van der Waals surface area contributed by atoms with Crippen LogP contribution in [0.15, 0.2) is 24.7 Å². The minimum Gasteiger partial charge on any atom is -0.370 e. The zero-order chi connectivity index (χ0) is 26.8. The fourth-order valence-electron chi connectivity index (χ4n) is 6.78. The Morgan fingerprint density at radius 1 is 1.11 bits per heavy atom. The fraction of sp³-hybridized carbons (Fsp3) is 0.615. The van der Waals surface area contributed by atoms with E-state index < -0.39 is 10.0 Å². The van der Waals surface area contributed by atoms with Crippen LogP contribution in [0.4, 0.5) is 5.82 Å². The van der Waals surface area contributed by atoms with Crippen LogP contribution in [0.5, 0.6) is 0 Å². The number of hydrazine groups is 1. The lowest BCUT2D eigenvalue weighted by Crippen LogP contribution is -2.73. The van der Waals surface area contributed by atoms with Crippen molar-refractivity contribution in [3.05, 3.63) is 51.4 Å². The normalized spacial score (nSPS) is 29.6. The van der Waals surface area contributed by atoms with Crippen LogP contribution in [-0.4, -0.2) is 67.3 Å². The third-order valence-corrected chi connectivity index (χ3v) is 10.5. The molecule has 2 aromatic rings. The predicted molar refractivity (Wildman–Crippen MR) is 148 cm³/mol. The SMILES string of the molecule is Cc1cc(C2NNC3CCC(O[C@H](C)c4c(Cl)cncc4Cl)CC32)cnc1N1CC2(C1)CN(S(C)(=O)=O)C2. The molecule has 206 valence electrons. The second-order valence-electron chi connectivity index (χ2n) is 11.6. The average molecular weight is 582 g/mol. The highest BCUT2D eigenvalue weighted by Crippen LogP contribution is 2.45. The summed E-state index contributed by atoms with van der Waals surface area (Å²) in [5.74, 6) is 1.37. The molecule has 0 amide bonds. The number of aromatic nitrogens is 2. The molecular formula is C26H34Cl2N6O3S. The summed E-state index contributed by atoms with van der Waals surface area (Å²) in [7, 11) is -3.09. The molecule has 6 rings (SSSR count). The molecule has 1 aliphatic carbocycles. The molecular weight excluding hydrogens is 547 g/mol. The Kier molecular flexibility index (Phi) is 6.90. The summed E-state index contributed by atoms with van der Waals surface area (Å²) in [5.41, 5.74) is 10.2. The maximum Gasteiger partial charge on any atom is 0.211 e. The van der Waals surface area contributed by atoms with Crippen LogP contribution < -0.4 is 15.8 Å². The molecule has 1 saturated carbocycles. The number of sulfonamides is 1. The number of fused-ring (bicyclic) bond motifs is 1.